The predicted molar refractivity (Wildman–Crippen MR) is 110 cm³/mol. The molecule has 3 aromatic heterocycles. The van der Waals surface area contributed by atoms with E-state index in [1.54, 1.807) is 30.5 Å². The van der Waals surface area contributed by atoms with E-state index in [2.05, 4.69) is 15.3 Å². The monoisotopic (exact) mass is 394 g/mol. The van der Waals surface area contributed by atoms with Crippen LogP contribution in [0.2, 0.25) is 0 Å². The molecule has 1 atom stereocenters. The smallest absolute Gasteiger partial charge is 0.261 e. The largest absolute Gasteiger partial charge is 0.347 e. The Balaban J connectivity index is 1.51. The minimum absolute atomic E-state index is 0.206. The number of aromatic amines is 1. The number of aromatic nitrogens is 2. The summed E-state index contributed by atoms with van der Waals surface area (Å²) < 4.78 is 13.9. The lowest BCUT2D eigenvalue weighted by Gasteiger charge is -2.16. The van der Waals surface area contributed by atoms with Crippen LogP contribution >= 0.6 is 11.3 Å². The van der Waals surface area contributed by atoms with Gasteiger partial charge in [-0.3, -0.25) is 4.79 Å². The number of carbonyl (C=O) groups excluding carboxylic acids is 1. The van der Waals surface area contributed by atoms with Crippen LogP contribution in [0.1, 0.15) is 15.2 Å². The zero-order valence-corrected chi connectivity index (χ0v) is 15.8. The number of nitrogens with two attached hydrogens (primary N) is 1. The van der Waals surface area contributed by atoms with Crippen LogP contribution in [0.3, 0.4) is 0 Å². The molecule has 0 radical (unpaired) electrons. The van der Waals surface area contributed by atoms with Crippen LogP contribution in [0.4, 0.5) is 4.39 Å². The molecule has 7 heteroatoms. The summed E-state index contributed by atoms with van der Waals surface area (Å²) in [6.07, 6.45) is 3.94. The van der Waals surface area contributed by atoms with Crippen molar-refractivity contribution in [1.82, 2.24) is 15.3 Å². The first-order valence-corrected chi connectivity index (χ1v) is 9.74. The van der Waals surface area contributed by atoms with E-state index in [-0.39, 0.29) is 24.3 Å². The fourth-order valence-electron chi connectivity index (χ4n) is 3.16. The quantitative estimate of drug-likeness (QED) is 0.466. The molecule has 1 aromatic carbocycles. The van der Waals surface area contributed by atoms with Gasteiger partial charge in [-0.2, -0.15) is 0 Å². The standard InChI is InChI=1S/C21H19FN4OS/c22-17-4-2-1-3-13(17)11-14(12-23)26-21(27)19-6-5-18(28-19)15-7-9-24-20-16(15)8-10-25-20/h1-10,14H,11-12,23H2,(H,24,25)(H,26,27). The summed E-state index contributed by atoms with van der Waals surface area (Å²) in [7, 11) is 0. The highest BCUT2D eigenvalue weighted by Gasteiger charge is 2.17. The predicted octanol–water partition coefficient (Wildman–Crippen LogP) is 3.73. The van der Waals surface area contributed by atoms with Gasteiger partial charge in [0, 0.05) is 40.8 Å². The number of hydrogen-bond acceptors (Lipinski definition) is 4. The molecule has 5 nitrogen and oxygen atoms in total. The number of H-pyrrole nitrogens is 1. The van der Waals surface area contributed by atoms with E-state index in [9.17, 15) is 9.18 Å². The lowest BCUT2D eigenvalue weighted by molar-refractivity contribution is 0.0942. The number of hydrogen-bond donors (Lipinski definition) is 3. The van der Waals surface area contributed by atoms with Crippen molar-refractivity contribution in [2.75, 3.05) is 6.54 Å². The molecule has 0 aliphatic heterocycles. The fraction of sp³-hybridized carbons (Fsp3) is 0.143. The molecule has 0 spiro atoms. The van der Waals surface area contributed by atoms with E-state index < -0.39 is 0 Å². The van der Waals surface area contributed by atoms with Crippen molar-refractivity contribution < 1.29 is 9.18 Å². The zero-order chi connectivity index (χ0) is 19.5. The molecule has 0 saturated carbocycles. The minimum atomic E-state index is -0.341. The summed E-state index contributed by atoms with van der Waals surface area (Å²) in [4.78, 5) is 21.6. The fourth-order valence-corrected chi connectivity index (χ4v) is 4.11. The number of nitrogens with zero attached hydrogens (tertiary/aromatic N) is 1. The van der Waals surface area contributed by atoms with Gasteiger partial charge in [0.1, 0.15) is 11.5 Å². The van der Waals surface area contributed by atoms with Gasteiger partial charge in [-0.05, 0) is 42.3 Å². The second-order valence-electron chi connectivity index (χ2n) is 6.46. The van der Waals surface area contributed by atoms with Crippen LogP contribution in [-0.4, -0.2) is 28.5 Å². The number of pyridine rings is 1. The average molecular weight is 394 g/mol. The molecule has 4 N–H and O–H groups in total. The SMILES string of the molecule is NCC(Cc1ccccc1F)NC(=O)c1ccc(-c2ccnc3[nH]ccc23)s1. The van der Waals surface area contributed by atoms with Gasteiger partial charge in [0.15, 0.2) is 0 Å². The van der Waals surface area contributed by atoms with E-state index >= 15 is 0 Å². The third-order valence-electron chi connectivity index (χ3n) is 4.60. The Morgan fingerprint density at radius 3 is 2.89 bits per heavy atom. The molecule has 0 aliphatic carbocycles. The number of fused-ring (bicyclic) bond motifs is 1. The van der Waals surface area contributed by atoms with E-state index in [1.165, 1.54) is 17.4 Å². The van der Waals surface area contributed by atoms with Crippen molar-refractivity contribution in [3.05, 3.63) is 77.2 Å². The first kappa shape index (κ1) is 18.3. The highest BCUT2D eigenvalue weighted by atomic mass is 32.1. The summed E-state index contributed by atoms with van der Waals surface area (Å²) >= 11 is 1.41. The number of carbonyl (C=O) groups is 1. The minimum Gasteiger partial charge on any atom is -0.347 e. The number of halogens is 1. The molecular formula is C21H19FN4OS. The van der Waals surface area contributed by atoms with Crippen molar-refractivity contribution in [3.63, 3.8) is 0 Å². The Labute approximate surface area is 165 Å². The molecule has 3 heterocycles. The first-order valence-electron chi connectivity index (χ1n) is 8.92. The maximum absolute atomic E-state index is 13.9. The zero-order valence-electron chi connectivity index (χ0n) is 15.0. The maximum atomic E-state index is 13.9. The van der Waals surface area contributed by atoms with Gasteiger partial charge in [0.05, 0.1) is 4.88 Å². The van der Waals surface area contributed by atoms with Crippen molar-refractivity contribution in [3.8, 4) is 10.4 Å². The molecule has 0 saturated heterocycles. The van der Waals surface area contributed by atoms with E-state index in [4.69, 9.17) is 5.73 Å². The highest BCUT2D eigenvalue weighted by molar-refractivity contribution is 7.17. The lowest BCUT2D eigenvalue weighted by Crippen LogP contribution is -2.41. The topological polar surface area (TPSA) is 83.8 Å². The van der Waals surface area contributed by atoms with Gasteiger partial charge < -0.3 is 16.0 Å². The van der Waals surface area contributed by atoms with Crippen LogP contribution in [0.15, 0.2) is 60.9 Å². The first-order chi connectivity index (χ1) is 13.7. The molecule has 28 heavy (non-hydrogen) atoms. The van der Waals surface area contributed by atoms with Crippen LogP contribution < -0.4 is 11.1 Å². The van der Waals surface area contributed by atoms with E-state index in [0.29, 0.717) is 16.9 Å². The molecule has 1 amide bonds. The van der Waals surface area contributed by atoms with Gasteiger partial charge in [-0.25, -0.2) is 9.37 Å². The Morgan fingerprint density at radius 2 is 2.07 bits per heavy atom. The molecule has 4 aromatic rings. The molecule has 0 bridgehead atoms. The molecule has 4 rings (SSSR count). The summed E-state index contributed by atoms with van der Waals surface area (Å²) in [5.74, 6) is -0.496. The number of rotatable bonds is 6. The van der Waals surface area contributed by atoms with Crippen molar-refractivity contribution in [2.24, 2.45) is 5.73 Å². The summed E-state index contributed by atoms with van der Waals surface area (Å²) in [5, 5.41) is 3.93. The highest BCUT2D eigenvalue weighted by Crippen LogP contribution is 2.32. The molecular weight excluding hydrogens is 375 g/mol. The van der Waals surface area contributed by atoms with Crippen LogP contribution in [0.5, 0.6) is 0 Å². The van der Waals surface area contributed by atoms with E-state index in [0.717, 1.165) is 21.5 Å². The lowest BCUT2D eigenvalue weighted by atomic mass is 10.1. The van der Waals surface area contributed by atoms with Crippen LogP contribution in [-0.2, 0) is 6.42 Å². The number of nitrogens with one attached hydrogen (secondary N) is 2. The van der Waals surface area contributed by atoms with Gasteiger partial charge >= 0.3 is 0 Å². The number of thiophene rings is 1. The van der Waals surface area contributed by atoms with E-state index in [1.807, 2.05) is 24.4 Å². The third kappa shape index (κ3) is 3.67. The Bertz CT molecular complexity index is 1120. The average Bonchev–Trinajstić information content (AvgIpc) is 3.38. The molecule has 1 unspecified atom stereocenters. The molecule has 0 aliphatic rings. The number of benzene rings is 1. The summed E-state index contributed by atoms with van der Waals surface area (Å²) in [6.45, 7) is 0.229. The Kier molecular flexibility index (Phi) is 5.18. The molecule has 142 valence electrons. The van der Waals surface area contributed by atoms with Crippen LogP contribution in [0, 0.1) is 5.82 Å². The second kappa shape index (κ2) is 7.92. The Morgan fingerprint density at radius 1 is 1.21 bits per heavy atom. The third-order valence-corrected chi connectivity index (χ3v) is 5.72. The summed E-state index contributed by atoms with van der Waals surface area (Å²) in [6, 6.07) is 13.8. The van der Waals surface area contributed by atoms with Crippen molar-refractivity contribution >= 4 is 28.3 Å². The van der Waals surface area contributed by atoms with Crippen LogP contribution in [0.25, 0.3) is 21.5 Å². The van der Waals surface area contributed by atoms with Gasteiger partial charge in [-0.1, -0.05) is 18.2 Å². The maximum Gasteiger partial charge on any atom is 0.261 e. The normalized spacial score (nSPS) is 12.2. The van der Waals surface area contributed by atoms with Crippen molar-refractivity contribution in [2.45, 2.75) is 12.5 Å². The van der Waals surface area contributed by atoms with Gasteiger partial charge in [0.2, 0.25) is 0 Å². The van der Waals surface area contributed by atoms with Gasteiger partial charge in [-0.15, -0.1) is 11.3 Å². The number of amides is 1. The van der Waals surface area contributed by atoms with Crippen molar-refractivity contribution in [1.29, 1.82) is 0 Å². The second-order valence-corrected chi connectivity index (χ2v) is 7.55. The molecule has 0 fully saturated rings. The summed E-state index contributed by atoms with van der Waals surface area (Å²) in [5.41, 5.74) is 8.17. The Hall–Kier alpha value is -3.03. The van der Waals surface area contributed by atoms with Gasteiger partial charge in [0.25, 0.3) is 5.91 Å².